The highest BCUT2D eigenvalue weighted by molar-refractivity contribution is 9.10. The number of thioether (sulfide) groups is 1. The number of rotatable bonds is 9. The number of amides is 1. The average Bonchev–Trinajstić information content (AvgIpc) is 3.30. The molecular formula is C31H31BrN6OS. The Morgan fingerprint density at radius 3 is 2.35 bits per heavy atom. The van der Waals surface area contributed by atoms with Crippen molar-refractivity contribution in [2.75, 3.05) is 31.9 Å². The molecule has 204 valence electrons. The molecule has 3 heterocycles. The molecular weight excluding hydrogens is 584 g/mol. The van der Waals surface area contributed by atoms with E-state index in [1.807, 2.05) is 23.1 Å². The predicted octanol–water partition coefficient (Wildman–Crippen LogP) is 6.01. The number of carbonyl (C=O) groups is 1. The summed E-state index contributed by atoms with van der Waals surface area (Å²) in [5.41, 5.74) is 5.27. The highest BCUT2D eigenvalue weighted by Crippen LogP contribution is 2.28. The largest absolute Gasteiger partial charge is 0.340 e. The van der Waals surface area contributed by atoms with Gasteiger partial charge < -0.3 is 9.47 Å². The van der Waals surface area contributed by atoms with Crippen molar-refractivity contribution in [2.24, 2.45) is 0 Å². The Labute approximate surface area is 246 Å². The topological polar surface area (TPSA) is 67.2 Å². The van der Waals surface area contributed by atoms with Gasteiger partial charge in [-0.2, -0.15) is 0 Å². The molecule has 1 amide bonds. The molecule has 7 nitrogen and oxygen atoms in total. The van der Waals surface area contributed by atoms with Crippen LogP contribution in [0.15, 0.2) is 88.5 Å². The summed E-state index contributed by atoms with van der Waals surface area (Å²) in [7, 11) is 0. The quantitative estimate of drug-likeness (QED) is 0.150. The van der Waals surface area contributed by atoms with Crippen LogP contribution in [-0.4, -0.2) is 67.4 Å². The monoisotopic (exact) mass is 614 g/mol. The van der Waals surface area contributed by atoms with E-state index >= 15 is 0 Å². The summed E-state index contributed by atoms with van der Waals surface area (Å²) >= 11 is 5.09. The molecule has 2 aromatic heterocycles. The van der Waals surface area contributed by atoms with Crippen molar-refractivity contribution in [3.8, 4) is 0 Å². The number of hydrogen-bond donors (Lipinski definition) is 0. The minimum absolute atomic E-state index is 0.240. The smallest absolute Gasteiger partial charge is 0.222 e. The molecule has 40 heavy (non-hydrogen) atoms. The van der Waals surface area contributed by atoms with E-state index in [1.54, 1.807) is 11.8 Å². The van der Waals surface area contributed by atoms with Gasteiger partial charge >= 0.3 is 0 Å². The van der Waals surface area contributed by atoms with E-state index in [1.165, 1.54) is 11.1 Å². The first-order valence-corrected chi connectivity index (χ1v) is 15.4. The van der Waals surface area contributed by atoms with E-state index < -0.39 is 0 Å². The molecule has 3 aromatic carbocycles. The molecule has 0 atom stereocenters. The zero-order valence-electron chi connectivity index (χ0n) is 22.2. The van der Waals surface area contributed by atoms with Gasteiger partial charge in [0.05, 0.1) is 5.52 Å². The zero-order valence-corrected chi connectivity index (χ0v) is 24.6. The SMILES string of the molecule is O=C(CCCSc1nnc2c3ccccc3n(Cc3ccc(Br)cc3)c2n1)N1CCN(Cc2ccccc2)CC1. The fourth-order valence-corrected chi connectivity index (χ4v) is 6.21. The van der Waals surface area contributed by atoms with Crippen LogP contribution in [0.2, 0.25) is 0 Å². The number of carbonyl (C=O) groups excluding carboxylic acids is 1. The van der Waals surface area contributed by atoms with E-state index in [4.69, 9.17) is 4.98 Å². The lowest BCUT2D eigenvalue weighted by molar-refractivity contribution is -0.133. The molecule has 0 saturated carbocycles. The molecule has 0 N–H and O–H groups in total. The van der Waals surface area contributed by atoms with Crippen LogP contribution in [0.5, 0.6) is 0 Å². The van der Waals surface area contributed by atoms with E-state index in [2.05, 4.69) is 96.3 Å². The Morgan fingerprint density at radius 2 is 1.55 bits per heavy atom. The normalized spacial score (nSPS) is 14.3. The molecule has 0 unspecified atom stereocenters. The highest BCUT2D eigenvalue weighted by Gasteiger charge is 2.21. The number of piperazine rings is 1. The summed E-state index contributed by atoms with van der Waals surface area (Å²) in [6, 6.07) is 27.1. The Kier molecular flexibility index (Phi) is 8.41. The molecule has 1 aliphatic rings. The van der Waals surface area contributed by atoms with Gasteiger partial charge in [-0.1, -0.05) is 88.4 Å². The maximum Gasteiger partial charge on any atom is 0.222 e. The van der Waals surface area contributed by atoms with Crippen LogP contribution < -0.4 is 0 Å². The van der Waals surface area contributed by atoms with Crippen LogP contribution in [0.3, 0.4) is 0 Å². The van der Waals surface area contributed by atoms with Crippen LogP contribution in [0, 0.1) is 0 Å². The number of aromatic nitrogens is 4. The molecule has 1 aliphatic heterocycles. The molecule has 1 fully saturated rings. The van der Waals surface area contributed by atoms with E-state index in [-0.39, 0.29) is 5.91 Å². The number of benzene rings is 3. The first kappa shape index (κ1) is 26.9. The first-order chi connectivity index (χ1) is 19.6. The van der Waals surface area contributed by atoms with Gasteiger partial charge in [0.2, 0.25) is 11.1 Å². The molecule has 1 saturated heterocycles. The third-order valence-electron chi connectivity index (χ3n) is 7.35. The lowest BCUT2D eigenvalue weighted by atomic mass is 10.2. The number of hydrogen-bond acceptors (Lipinski definition) is 6. The average molecular weight is 616 g/mol. The van der Waals surface area contributed by atoms with Crippen LogP contribution in [0.25, 0.3) is 22.1 Å². The van der Waals surface area contributed by atoms with Gasteiger partial charge in [0, 0.05) is 61.3 Å². The maximum absolute atomic E-state index is 12.8. The van der Waals surface area contributed by atoms with Crippen molar-refractivity contribution < 1.29 is 4.79 Å². The second-order valence-electron chi connectivity index (χ2n) is 10.1. The molecule has 5 aromatic rings. The lowest BCUT2D eigenvalue weighted by Crippen LogP contribution is -2.48. The van der Waals surface area contributed by atoms with Gasteiger partial charge in [-0.3, -0.25) is 9.69 Å². The summed E-state index contributed by atoms with van der Waals surface area (Å²) in [6.07, 6.45) is 1.34. The second kappa shape index (κ2) is 12.5. The summed E-state index contributed by atoms with van der Waals surface area (Å²) in [6.45, 7) is 5.08. The molecule has 9 heteroatoms. The van der Waals surface area contributed by atoms with Gasteiger partial charge in [0.25, 0.3) is 0 Å². The fraction of sp³-hybridized carbons (Fsp3) is 0.290. The summed E-state index contributed by atoms with van der Waals surface area (Å²) in [4.78, 5) is 22.2. The number of nitrogens with zero attached hydrogens (tertiary/aromatic N) is 6. The Morgan fingerprint density at radius 1 is 0.825 bits per heavy atom. The van der Waals surface area contributed by atoms with Gasteiger partial charge in [-0.15, -0.1) is 10.2 Å². The molecule has 6 rings (SSSR count). The summed E-state index contributed by atoms with van der Waals surface area (Å²) < 4.78 is 3.28. The van der Waals surface area contributed by atoms with E-state index in [0.29, 0.717) is 18.1 Å². The maximum atomic E-state index is 12.8. The first-order valence-electron chi connectivity index (χ1n) is 13.7. The lowest BCUT2D eigenvalue weighted by Gasteiger charge is -2.34. The second-order valence-corrected chi connectivity index (χ2v) is 12.1. The summed E-state index contributed by atoms with van der Waals surface area (Å²) in [5.74, 6) is 1.02. The molecule has 0 spiro atoms. The van der Waals surface area contributed by atoms with Crippen molar-refractivity contribution in [1.29, 1.82) is 0 Å². The van der Waals surface area contributed by atoms with Crippen molar-refractivity contribution >= 4 is 55.7 Å². The van der Waals surface area contributed by atoms with E-state index in [9.17, 15) is 4.79 Å². The zero-order chi connectivity index (χ0) is 27.3. The number of fused-ring (bicyclic) bond motifs is 3. The molecule has 0 aliphatic carbocycles. The van der Waals surface area contributed by atoms with Crippen molar-refractivity contribution in [2.45, 2.75) is 31.1 Å². The van der Waals surface area contributed by atoms with Gasteiger partial charge in [0.1, 0.15) is 5.52 Å². The van der Waals surface area contributed by atoms with Crippen molar-refractivity contribution in [1.82, 2.24) is 29.5 Å². The minimum atomic E-state index is 0.240. The third-order valence-corrected chi connectivity index (χ3v) is 8.80. The van der Waals surface area contributed by atoms with E-state index in [0.717, 1.165) is 71.4 Å². The highest BCUT2D eigenvalue weighted by atomic mass is 79.9. The van der Waals surface area contributed by atoms with Crippen molar-refractivity contribution in [3.05, 3.63) is 94.5 Å². The fourth-order valence-electron chi connectivity index (χ4n) is 5.22. The Bertz CT molecular complexity index is 1600. The Balaban J connectivity index is 1.05. The van der Waals surface area contributed by atoms with Gasteiger partial charge in [-0.05, 0) is 35.7 Å². The summed E-state index contributed by atoms with van der Waals surface area (Å²) in [5, 5.41) is 10.7. The van der Waals surface area contributed by atoms with Crippen LogP contribution in [-0.2, 0) is 17.9 Å². The minimum Gasteiger partial charge on any atom is -0.340 e. The van der Waals surface area contributed by atoms with Crippen LogP contribution in [0.1, 0.15) is 24.0 Å². The third kappa shape index (κ3) is 6.22. The Hall–Kier alpha value is -3.27. The van der Waals surface area contributed by atoms with Crippen molar-refractivity contribution in [3.63, 3.8) is 0 Å². The molecule has 0 bridgehead atoms. The number of para-hydroxylation sites is 1. The predicted molar refractivity (Wildman–Crippen MR) is 164 cm³/mol. The molecule has 0 radical (unpaired) electrons. The standard InChI is InChI=1S/C31H31BrN6OS/c32-25-14-12-24(13-15-25)22-38-27-10-5-4-9-26(27)29-30(38)33-31(35-34-29)40-20-6-11-28(39)37-18-16-36(17-19-37)21-23-7-2-1-3-8-23/h1-5,7-10,12-15H,6,11,16-22H2. The number of halogens is 1. The van der Waals surface area contributed by atoms with Gasteiger partial charge in [-0.25, -0.2) is 4.98 Å². The van der Waals surface area contributed by atoms with Crippen LogP contribution in [0.4, 0.5) is 0 Å². The van der Waals surface area contributed by atoms with Gasteiger partial charge in [0.15, 0.2) is 5.65 Å². The van der Waals surface area contributed by atoms with Crippen LogP contribution >= 0.6 is 27.7 Å².